The van der Waals surface area contributed by atoms with Crippen LogP contribution in [0.5, 0.6) is 5.75 Å². The van der Waals surface area contributed by atoms with E-state index in [-0.39, 0.29) is 12.4 Å². The zero-order valence-electron chi connectivity index (χ0n) is 22.3. The van der Waals surface area contributed by atoms with Crippen molar-refractivity contribution in [1.29, 1.82) is 0 Å². The minimum Gasteiger partial charge on any atom is -0.463 e. The first kappa shape index (κ1) is 30.1. The van der Waals surface area contributed by atoms with Crippen LogP contribution in [0.25, 0.3) is 0 Å². The van der Waals surface area contributed by atoms with Crippen molar-refractivity contribution in [2.45, 2.75) is 89.4 Å². The van der Waals surface area contributed by atoms with Gasteiger partial charge in [0.1, 0.15) is 36.8 Å². The highest BCUT2D eigenvalue weighted by molar-refractivity contribution is 5.84. The Morgan fingerprint density at radius 3 is 2.13 bits per heavy atom. The van der Waals surface area contributed by atoms with Crippen LogP contribution >= 0.6 is 0 Å². The van der Waals surface area contributed by atoms with Crippen molar-refractivity contribution >= 4 is 29.7 Å². The van der Waals surface area contributed by atoms with Crippen molar-refractivity contribution in [1.82, 2.24) is 0 Å². The van der Waals surface area contributed by atoms with Crippen molar-refractivity contribution in [3.05, 3.63) is 24.3 Å². The summed E-state index contributed by atoms with van der Waals surface area (Å²) in [7, 11) is 1.34. The Morgan fingerprint density at radius 1 is 0.897 bits per heavy atom. The van der Waals surface area contributed by atoms with E-state index < -0.39 is 67.0 Å². The molecule has 0 spiro atoms. The second-order valence-electron chi connectivity index (χ2n) is 9.21. The lowest BCUT2D eigenvalue weighted by atomic mass is 9.96. The second kappa shape index (κ2) is 14.1. The van der Waals surface area contributed by atoms with E-state index in [0.717, 1.165) is 12.8 Å². The molecule has 39 heavy (non-hydrogen) atoms. The quantitative estimate of drug-likeness (QED) is 0.354. The van der Waals surface area contributed by atoms with E-state index in [1.54, 1.807) is 0 Å². The summed E-state index contributed by atoms with van der Waals surface area (Å²) in [5, 5.41) is 2.55. The number of rotatable bonds is 9. The topological polar surface area (TPSA) is 145 Å². The zero-order valence-corrected chi connectivity index (χ0v) is 22.3. The Kier molecular flexibility index (Phi) is 10.9. The average molecular weight is 556 g/mol. The molecule has 1 saturated heterocycles. The molecule has 1 N–H and O–H groups in total. The van der Waals surface area contributed by atoms with Crippen LogP contribution in [0.2, 0.25) is 0 Å². The van der Waals surface area contributed by atoms with Crippen LogP contribution in [0.15, 0.2) is 24.3 Å². The standard InChI is InChI=1S/C26H34FNO11/c1-14(29)34-13-21-22(33-4)23(35-15(2)30)24(36-16(3)31)25(38-21)37-18-11-9-17(10-12-18)28-26(32)39-20-8-6-5-7-19(20)27/h9-12,19-25H,5-8,13H2,1-4H3,(H,28,32)/t19-,20-,21+,22+,23-,24+,25+/m0/s1. The molecule has 1 aliphatic heterocycles. The Morgan fingerprint density at radius 2 is 1.54 bits per heavy atom. The van der Waals surface area contributed by atoms with Gasteiger partial charge in [-0.2, -0.15) is 0 Å². The molecular weight excluding hydrogens is 521 g/mol. The van der Waals surface area contributed by atoms with Crippen molar-refractivity contribution < 1.29 is 56.7 Å². The molecule has 13 heteroatoms. The summed E-state index contributed by atoms with van der Waals surface area (Å²) < 4.78 is 52.4. The number of hydrogen-bond acceptors (Lipinski definition) is 11. The maximum Gasteiger partial charge on any atom is 0.411 e. The van der Waals surface area contributed by atoms with Gasteiger partial charge in [-0.25, -0.2) is 9.18 Å². The summed E-state index contributed by atoms with van der Waals surface area (Å²) in [6.07, 6.45) is -5.88. The van der Waals surface area contributed by atoms with Crippen LogP contribution in [0, 0.1) is 0 Å². The third kappa shape index (κ3) is 8.79. The minimum absolute atomic E-state index is 0.246. The number of carbonyl (C=O) groups excluding carboxylic acids is 4. The van der Waals surface area contributed by atoms with E-state index in [4.69, 9.17) is 33.2 Å². The van der Waals surface area contributed by atoms with E-state index in [1.165, 1.54) is 52.1 Å². The molecule has 0 unspecified atom stereocenters. The largest absolute Gasteiger partial charge is 0.463 e. The van der Waals surface area contributed by atoms with Crippen molar-refractivity contribution in [2.75, 3.05) is 19.0 Å². The first-order valence-electron chi connectivity index (χ1n) is 12.6. The van der Waals surface area contributed by atoms with E-state index in [1.807, 2.05) is 0 Å². The van der Waals surface area contributed by atoms with Gasteiger partial charge in [0, 0.05) is 33.6 Å². The lowest BCUT2D eigenvalue weighted by Gasteiger charge is -2.44. The number of alkyl halides is 1. The molecule has 1 saturated carbocycles. The molecule has 1 amide bonds. The fraction of sp³-hybridized carbons (Fsp3) is 0.615. The van der Waals surface area contributed by atoms with Crippen molar-refractivity contribution in [2.24, 2.45) is 0 Å². The molecule has 1 heterocycles. The van der Waals surface area contributed by atoms with Crippen molar-refractivity contribution in [3.63, 3.8) is 0 Å². The molecule has 1 aromatic carbocycles. The first-order valence-corrected chi connectivity index (χ1v) is 12.6. The van der Waals surface area contributed by atoms with Gasteiger partial charge in [0.2, 0.25) is 12.4 Å². The lowest BCUT2D eigenvalue weighted by Crippen LogP contribution is -2.63. The van der Waals surface area contributed by atoms with Gasteiger partial charge in [0.25, 0.3) is 0 Å². The minimum atomic E-state index is -1.29. The predicted molar refractivity (Wildman–Crippen MR) is 132 cm³/mol. The smallest absolute Gasteiger partial charge is 0.411 e. The van der Waals surface area contributed by atoms with Gasteiger partial charge in [0.15, 0.2) is 6.10 Å². The molecule has 2 aliphatic rings. The average Bonchev–Trinajstić information content (AvgIpc) is 2.86. The summed E-state index contributed by atoms with van der Waals surface area (Å²) in [4.78, 5) is 47.4. The molecule has 0 radical (unpaired) electrons. The fourth-order valence-electron chi connectivity index (χ4n) is 4.46. The van der Waals surface area contributed by atoms with Crippen LogP contribution in [0.3, 0.4) is 0 Å². The van der Waals surface area contributed by atoms with Gasteiger partial charge < -0.3 is 33.2 Å². The third-order valence-electron chi connectivity index (χ3n) is 6.15. The maximum absolute atomic E-state index is 14.0. The Balaban J connectivity index is 1.73. The Bertz CT molecular complexity index is 1000. The molecular formula is C26H34FNO11. The first-order chi connectivity index (χ1) is 18.6. The number of benzene rings is 1. The van der Waals surface area contributed by atoms with E-state index in [2.05, 4.69) is 5.32 Å². The van der Waals surface area contributed by atoms with Crippen LogP contribution < -0.4 is 10.1 Å². The van der Waals surface area contributed by atoms with Gasteiger partial charge in [0.05, 0.1) is 0 Å². The van der Waals surface area contributed by atoms with E-state index in [0.29, 0.717) is 18.5 Å². The number of hydrogen-bond donors (Lipinski definition) is 1. The fourth-order valence-corrected chi connectivity index (χ4v) is 4.46. The number of esters is 3. The van der Waals surface area contributed by atoms with Gasteiger partial charge in [-0.1, -0.05) is 6.42 Å². The van der Waals surface area contributed by atoms with E-state index >= 15 is 0 Å². The highest BCUT2D eigenvalue weighted by atomic mass is 19.1. The summed E-state index contributed by atoms with van der Waals surface area (Å²) in [6.45, 7) is 3.33. The molecule has 216 valence electrons. The SMILES string of the molecule is CO[C@H]1[C@H](OC(C)=O)[C@@H](OC(C)=O)[C@H](Oc2ccc(NC(=O)O[C@H]3CCCC[C@@H]3F)cc2)O[C@@H]1COC(C)=O. The summed E-state index contributed by atoms with van der Waals surface area (Å²) in [5.41, 5.74) is 0.365. The molecule has 3 rings (SSSR count). The normalized spacial score (nSPS) is 28.5. The monoisotopic (exact) mass is 555 g/mol. The zero-order chi connectivity index (χ0) is 28.5. The number of halogens is 1. The van der Waals surface area contributed by atoms with Gasteiger partial charge in [-0.05, 0) is 43.5 Å². The van der Waals surface area contributed by atoms with Crippen LogP contribution in [-0.2, 0) is 42.8 Å². The number of amides is 1. The second-order valence-corrected chi connectivity index (χ2v) is 9.21. The number of anilines is 1. The molecule has 2 fully saturated rings. The lowest BCUT2D eigenvalue weighted by molar-refractivity contribution is -0.289. The number of carbonyl (C=O) groups is 4. The van der Waals surface area contributed by atoms with Crippen LogP contribution in [-0.4, -0.2) is 80.7 Å². The molecule has 1 aliphatic carbocycles. The third-order valence-corrected chi connectivity index (χ3v) is 6.15. The predicted octanol–water partition coefficient (Wildman–Crippen LogP) is 3.06. The summed E-state index contributed by atoms with van der Waals surface area (Å²) >= 11 is 0. The van der Waals surface area contributed by atoms with E-state index in [9.17, 15) is 23.6 Å². The number of nitrogens with one attached hydrogen (secondary N) is 1. The van der Waals surface area contributed by atoms with Crippen LogP contribution in [0.4, 0.5) is 14.9 Å². The highest BCUT2D eigenvalue weighted by Crippen LogP contribution is 2.31. The summed E-state index contributed by atoms with van der Waals surface area (Å²) in [6, 6.07) is 6.05. The summed E-state index contributed by atoms with van der Waals surface area (Å²) in [5.74, 6) is -1.67. The van der Waals surface area contributed by atoms with Gasteiger partial charge in [-0.3, -0.25) is 19.7 Å². The maximum atomic E-state index is 14.0. The van der Waals surface area contributed by atoms with Crippen LogP contribution in [0.1, 0.15) is 46.5 Å². The number of ether oxygens (including phenoxy) is 7. The Hall–Kier alpha value is -3.45. The van der Waals surface area contributed by atoms with Gasteiger partial charge >= 0.3 is 24.0 Å². The molecule has 0 aromatic heterocycles. The Labute approximate surface area is 225 Å². The molecule has 12 nitrogen and oxygen atoms in total. The molecule has 1 aromatic rings. The van der Waals surface area contributed by atoms with Gasteiger partial charge in [-0.15, -0.1) is 0 Å². The number of methoxy groups -OCH3 is 1. The molecule has 0 bridgehead atoms. The molecule has 7 atom stereocenters. The highest BCUT2D eigenvalue weighted by Gasteiger charge is 2.52. The van der Waals surface area contributed by atoms with Crippen molar-refractivity contribution in [3.8, 4) is 5.75 Å².